The molecule has 5 heterocycles. The highest BCUT2D eigenvalue weighted by Crippen LogP contribution is 2.39. The summed E-state index contributed by atoms with van der Waals surface area (Å²) in [6, 6.07) is 7.72. The number of alkyl halides is 3. The van der Waals surface area contributed by atoms with Gasteiger partial charge < -0.3 is 15.0 Å². The molecule has 0 unspecified atom stereocenters. The van der Waals surface area contributed by atoms with E-state index in [0.717, 1.165) is 66.9 Å². The number of aromatic nitrogens is 6. The van der Waals surface area contributed by atoms with E-state index in [4.69, 9.17) is 4.74 Å². The SMILES string of the molecule is N#CCC1(n2cc(-c3ncnc4[nH]ccc34)cn2)CN(C2CCC(Oc3cc(CNC4CC4)cc(C(F)(F)F)n3)CC2)C1. The Balaban J connectivity index is 0.981. The summed E-state index contributed by atoms with van der Waals surface area (Å²) in [5.41, 5.74) is 1.62. The van der Waals surface area contributed by atoms with Gasteiger partial charge in [0.25, 0.3) is 0 Å². The van der Waals surface area contributed by atoms with E-state index in [0.29, 0.717) is 43.7 Å². The third-order valence-electron chi connectivity index (χ3n) is 8.87. The number of nitriles is 1. The van der Waals surface area contributed by atoms with Crippen LogP contribution in [0.25, 0.3) is 22.3 Å². The molecule has 224 valence electrons. The molecule has 0 spiro atoms. The summed E-state index contributed by atoms with van der Waals surface area (Å²) < 4.78 is 48.5. The number of hydrogen-bond donors (Lipinski definition) is 2. The van der Waals surface area contributed by atoms with Crippen molar-refractivity contribution in [2.24, 2.45) is 0 Å². The molecule has 2 aliphatic carbocycles. The third-order valence-corrected chi connectivity index (χ3v) is 8.87. The summed E-state index contributed by atoms with van der Waals surface area (Å²) in [6.45, 7) is 1.77. The van der Waals surface area contributed by atoms with Gasteiger partial charge in [-0.25, -0.2) is 15.0 Å². The molecule has 0 radical (unpaired) electrons. The third kappa shape index (κ3) is 5.69. The van der Waals surface area contributed by atoms with Crippen LogP contribution in [0.15, 0.2) is 43.1 Å². The predicted octanol–water partition coefficient (Wildman–Crippen LogP) is 4.80. The highest BCUT2D eigenvalue weighted by Gasteiger charge is 2.48. The van der Waals surface area contributed by atoms with E-state index in [9.17, 15) is 18.4 Å². The zero-order valence-corrected chi connectivity index (χ0v) is 23.5. The minimum Gasteiger partial charge on any atom is -0.474 e. The van der Waals surface area contributed by atoms with Crippen molar-refractivity contribution in [3.05, 3.63) is 54.4 Å². The van der Waals surface area contributed by atoms with E-state index in [1.165, 1.54) is 6.33 Å². The van der Waals surface area contributed by atoms with Crippen LogP contribution in [0.5, 0.6) is 5.88 Å². The second kappa shape index (κ2) is 10.9. The molecule has 7 rings (SSSR count). The highest BCUT2D eigenvalue weighted by molar-refractivity contribution is 5.90. The van der Waals surface area contributed by atoms with Gasteiger partial charge in [0.1, 0.15) is 29.3 Å². The van der Waals surface area contributed by atoms with Gasteiger partial charge in [-0.15, -0.1) is 0 Å². The number of nitrogens with one attached hydrogen (secondary N) is 2. The number of pyridine rings is 1. The molecule has 3 fully saturated rings. The van der Waals surface area contributed by atoms with Gasteiger partial charge in [-0.3, -0.25) is 9.58 Å². The van der Waals surface area contributed by atoms with E-state index < -0.39 is 17.4 Å². The van der Waals surface area contributed by atoms with Crippen LogP contribution in [0.3, 0.4) is 0 Å². The van der Waals surface area contributed by atoms with E-state index in [1.54, 1.807) is 12.3 Å². The lowest BCUT2D eigenvalue weighted by molar-refractivity contribution is -0.141. The lowest BCUT2D eigenvalue weighted by Crippen LogP contribution is -2.65. The maximum Gasteiger partial charge on any atom is 0.433 e. The number of rotatable bonds is 9. The van der Waals surface area contributed by atoms with Crippen LogP contribution in [0, 0.1) is 11.3 Å². The minimum absolute atomic E-state index is 0.0398. The number of fused-ring (bicyclic) bond motifs is 1. The lowest BCUT2D eigenvalue weighted by Gasteiger charge is -2.53. The largest absolute Gasteiger partial charge is 0.474 e. The van der Waals surface area contributed by atoms with Crippen LogP contribution in [0.1, 0.15) is 56.2 Å². The maximum atomic E-state index is 13.5. The number of aromatic amines is 1. The monoisotopic (exact) mass is 591 g/mol. The molecule has 2 N–H and O–H groups in total. The van der Waals surface area contributed by atoms with Crippen LogP contribution in [0.2, 0.25) is 0 Å². The molecule has 4 aromatic rings. The summed E-state index contributed by atoms with van der Waals surface area (Å²) >= 11 is 0. The average Bonchev–Trinajstić information content (AvgIpc) is 3.44. The van der Waals surface area contributed by atoms with Gasteiger partial charge in [0, 0.05) is 61.1 Å². The Bertz CT molecular complexity index is 1640. The summed E-state index contributed by atoms with van der Waals surface area (Å²) in [5, 5.41) is 18.5. The molecule has 0 atom stereocenters. The van der Waals surface area contributed by atoms with Gasteiger partial charge in [0.15, 0.2) is 0 Å². The van der Waals surface area contributed by atoms with Crippen molar-refractivity contribution in [3.8, 4) is 23.2 Å². The minimum atomic E-state index is -4.53. The van der Waals surface area contributed by atoms with Crippen LogP contribution < -0.4 is 10.1 Å². The number of nitrogens with zero attached hydrogens (tertiary/aromatic N) is 7. The Labute approximate surface area is 246 Å². The van der Waals surface area contributed by atoms with Crippen molar-refractivity contribution >= 4 is 11.0 Å². The van der Waals surface area contributed by atoms with Gasteiger partial charge in [-0.2, -0.15) is 23.5 Å². The topological polar surface area (TPSA) is 121 Å². The number of ether oxygens (including phenoxy) is 1. The first kappa shape index (κ1) is 27.8. The van der Waals surface area contributed by atoms with Gasteiger partial charge >= 0.3 is 6.18 Å². The van der Waals surface area contributed by atoms with Crippen molar-refractivity contribution < 1.29 is 17.9 Å². The fourth-order valence-corrected chi connectivity index (χ4v) is 6.38. The summed E-state index contributed by atoms with van der Waals surface area (Å²) in [5.74, 6) is 0.0398. The van der Waals surface area contributed by atoms with Crippen molar-refractivity contribution in [3.63, 3.8) is 0 Å². The number of hydrogen-bond acceptors (Lipinski definition) is 8. The van der Waals surface area contributed by atoms with Crippen LogP contribution in [-0.4, -0.2) is 65.9 Å². The van der Waals surface area contributed by atoms with Crippen molar-refractivity contribution in [1.29, 1.82) is 5.26 Å². The van der Waals surface area contributed by atoms with Gasteiger partial charge in [0.2, 0.25) is 5.88 Å². The Kier molecular flexibility index (Phi) is 7.05. The number of H-pyrrole nitrogens is 1. The molecule has 3 aliphatic rings. The molecule has 2 saturated carbocycles. The fraction of sp³-hybridized carbons (Fsp3) is 0.500. The normalized spacial score (nSPS) is 22.3. The first-order chi connectivity index (χ1) is 20.8. The van der Waals surface area contributed by atoms with Crippen LogP contribution in [-0.2, 0) is 18.3 Å². The standard InChI is InChI=1S/C30H32F3N9O/c31-30(32,33)25-11-19(13-36-21-1-2-21)12-26(40-25)43-23-5-3-22(4-6-23)41-16-29(17-41,8-9-34)42-15-20(14-39-42)27-24-7-10-35-28(24)38-18-37-27/h7,10-12,14-15,18,21-23,36H,1-6,8,13,16-17H2,(H,35,37,38). The molecular formula is C30H32F3N9O. The Morgan fingerprint density at radius 3 is 2.67 bits per heavy atom. The predicted molar refractivity (Wildman–Crippen MR) is 151 cm³/mol. The lowest BCUT2D eigenvalue weighted by atomic mass is 9.82. The molecule has 43 heavy (non-hydrogen) atoms. The van der Waals surface area contributed by atoms with E-state index in [2.05, 4.69) is 41.3 Å². The Hall–Kier alpha value is -4.02. The first-order valence-corrected chi connectivity index (χ1v) is 14.7. The zero-order valence-electron chi connectivity index (χ0n) is 23.5. The number of likely N-dealkylation sites (tertiary alicyclic amines) is 1. The van der Waals surface area contributed by atoms with Crippen LogP contribution >= 0.6 is 0 Å². The molecule has 0 bridgehead atoms. The Morgan fingerprint density at radius 2 is 1.93 bits per heavy atom. The molecule has 13 heteroatoms. The second-order valence-corrected chi connectivity index (χ2v) is 12.0. The summed E-state index contributed by atoms with van der Waals surface area (Å²) in [4.78, 5) is 18.0. The van der Waals surface area contributed by atoms with Crippen molar-refractivity contribution in [2.75, 3.05) is 13.1 Å². The van der Waals surface area contributed by atoms with Gasteiger partial charge in [0.05, 0.1) is 24.4 Å². The van der Waals surface area contributed by atoms with Gasteiger partial charge in [-0.05, 0) is 56.2 Å². The molecule has 1 saturated heterocycles. The molecule has 0 aromatic carbocycles. The summed E-state index contributed by atoms with van der Waals surface area (Å²) in [7, 11) is 0. The number of halogens is 3. The van der Waals surface area contributed by atoms with E-state index >= 15 is 0 Å². The highest BCUT2D eigenvalue weighted by atomic mass is 19.4. The quantitative estimate of drug-likeness (QED) is 0.285. The van der Waals surface area contributed by atoms with E-state index in [-0.39, 0.29) is 12.0 Å². The molecule has 4 aromatic heterocycles. The first-order valence-electron chi connectivity index (χ1n) is 14.7. The summed E-state index contributed by atoms with van der Waals surface area (Å²) in [6.07, 6.45) is 8.02. The van der Waals surface area contributed by atoms with Crippen molar-refractivity contribution in [1.82, 2.24) is 39.9 Å². The van der Waals surface area contributed by atoms with E-state index in [1.807, 2.05) is 23.1 Å². The maximum absolute atomic E-state index is 13.5. The average molecular weight is 592 g/mol. The molecular weight excluding hydrogens is 559 g/mol. The molecule has 10 nitrogen and oxygen atoms in total. The zero-order chi connectivity index (χ0) is 29.6. The fourth-order valence-electron chi connectivity index (χ4n) is 6.38. The van der Waals surface area contributed by atoms with Gasteiger partial charge in [-0.1, -0.05) is 0 Å². The molecule has 1 aliphatic heterocycles. The van der Waals surface area contributed by atoms with Crippen LogP contribution in [0.4, 0.5) is 13.2 Å². The van der Waals surface area contributed by atoms with Crippen molar-refractivity contribution in [2.45, 2.75) is 81.4 Å². The second-order valence-electron chi connectivity index (χ2n) is 12.0. The molecule has 0 amide bonds. The smallest absolute Gasteiger partial charge is 0.433 e. The Morgan fingerprint density at radius 1 is 1.12 bits per heavy atom.